The Hall–Kier alpha value is -2.11. The van der Waals surface area contributed by atoms with Gasteiger partial charge in [-0.2, -0.15) is 0 Å². The molecule has 6 heteroatoms. The van der Waals surface area contributed by atoms with Gasteiger partial charge in [-0.1, -0.05) is 18.2 Å². The summed E-state index contributed by atoms with van der Waals surface area (Å²) in [6.45, 7) is 5.63. The van der Waals surface area contributed by atoms with Gasteiger partial charge in [0.05, 0.1) is 0 Å². The molecule has 2 N–H and O–H groups in total. The predicted octanol–water partition coefficient (Wildman–Crippen LogP) is 2.71. The summed E-state index contributed by atoms with van der Waals surface area (Å²) in [6.07, 6.45) is 0.409. The molecule has 0 aliphatic carbocycles. The van der Waals surface area contributed by atoms with Gasteiger partial charge in [-0.25, -0.2) is 9.18 Å². The summed E-state index contributed by atoms with van der Waals surface area (Å²) in [5.41, 5.74) is -0.0354. The molecule has 0 aromatic heterocycles. The Morgan fingerprint density at radius 3 is 2.65 bits per heavy atom. The molecule has 1 aromatic rings. The van der Waals surface area contributed by atoms with Gasteiger partial charge in [0.15, 0.2) is 0 Å². The Kier molecular flexibility index (Phi) is 5.23. The maximum Gasteiger partial charge on any atom is 0.408 e. The van der Waals surface area contributed by atoms with Gasteiger partial charge in [0, 0.05) is 12.5 Å². The minimum Gasteiger partial charge on any atom is -0.444 e. The molecular formula is C17H23FN2O3. The molecule has 1 saturated heterocycles. The molecule has 1 aliphatic heterocycles. The summed E-state index contributed by atoms with van der Waals surface area (Å²) >= 11 is 0. The Bertz CT molecular complexity index is 583. The van der Waals surface area contributed by atoms with E-state index in [0.29, 0.717) is 24.9 Å². The van der Waals surface area contributed by atoms with Gasteiger partial charge >= 0.3 is 6.09 Å². The first kappa shape index (κ1) is 17.2. The molecule has 1 aromatic carbocycles. The number of benzene rings is 1. The number of rotatable bonds is 2. The molecule has 2 amide bonds. The summed E-state index contributed by atoms with van der Waals surface area (Å²) in [4.78, 5) is 23.9. The molecule has 126 valence electrons. The minimum absolute atomic E-state index is 0.106. The number of hydrogen-bond donors (Lipinski definition) is 2. The molecule has 0 unspecified atom stereocenters. The number of alkyl carbamates (subject to hydrolysis) is 1. The third-order valence-corrected chi connectivity index (χ3v) is 3.68. The first-order valence-corrected chi connectivity index (χ1v) is 7.78. The van der Waals surface area contributed by atoms with Gasteiger partial charge in [0.2, 0.25) is 5.91 Å². The van der Waals surface area contributed by atoms with Gasteiger partial charge in [-0.3, -0.25) is 4.79 Å². The fourth-order valence-corrected chi connectivity index (χ4v) is 2.61. The van der Waals surface area contributed by atoms with Crippen molar-refractivity contribution in [3.8, 4) is 0 Å². The van der Waals surface area contributed by atoms with Crippen LogP contribution in [0, 0.1) is 5.82 Å². The van der Waals surface area contributed by atoms with Crippen LogP contribution in [0.3, 0.4) is 0 Å². The van der Waals surface area contributed by atoms with Crippen LogP contribution < -0.4 is 10.6 Å². The van der Waals surface area contributed by atoms with Crippen LogP contribution in [-0.2, 0) is 9.53 Å². The molecule has 0 saturated carbocycles. The quantitative estimate of drug-likeness (QED) is 0.880. The van der Waals surface area contributed by atoms with Gasteiger partial charge in [-0.05, 0) is 45.2 Å². The molecule has 0 spiro atoms. The first-order valence-electron chi connectivity index (χ1n) is 7.78. The zero-order valence-electron chi connectivity index (χ0n) is 13.7. The van der Waals surface area contributed by atoms with Gasteiger partial charge < -0.3 is 15.4 Å². The Morgan fingerprint density at radius 2 is 2.00 bits per heavy atom. The number of amides is 2. The van der Waals surface area contributed by atoms with E-state index in [0.717, 1.165) is 0 Å². The third kappa shape index (κ3) is 4.94. The zero-order valence-corrected chi connectivity index (χ0v) is 13.7. The fraction of sp³-hybridized carbons (Fsp3) is 0.529. The number of halogens is 1. The lowest BCUT2D eigenvalue weighted by molar-refractivity contribution is -0.122. The Morgan fingerprint density at radius 1 is 1.30 bits per heavy atom. The molecule has 0 bridgehead atoms. The lowest BCUT2D eigenvalue weighted by atomic mass is 9.93. The normalized spacial score (nSPS) is 22.0. The van der Waals surface area contributed by atoms with Crippen molar-refractivity contribution in [2.24, 2.45) is 0 Å². The highest BCUT2D eigenvalue weighted by Crippen LogP contribution is 2.26. The summed E-state index contributed by atoms with van der Waals surface area (Å²) in [5.74, 6) is -0.648. The van der Waals surface area contributed by atoms with E-state index in [4.69, 9.17) is 4.74 Å². The number of carbonyl (C=O) groups excluding carboxylic acids is 2. The predicted molar refractivity (Wildman–Crippen MR) is 84.5 cm³/mol. The second kappa shape index (κ2) is 6.98. The standard InChI is InChI=1S/C17H23FN2O3/c1-17(2,3)23-16(22)20-14-9-8-11(10-19-15(14)21)12-6-4-5-7-13(12)18/h4-7,11,14H,8-10H2,1-3H3,(H,19,21)(H,20,22)/t11-,14-/m1/s1. The number of carbonyl (C=O) groups is 2. The van der Waals surface area contributed by atoms with Crippen molar-refractivity contribution >= 4 is 12.0 Å². The van der Waals surface area contributed by atoms with Crippen LogP contribution in [0.25, 0.3) is 0 Å². The van der Waals surface area contributed by atoms with Crippen molar-refractivity contribution < 1.29 is 18.7 Å². The summed E-state index contributed by atoms with van der Waals surface area (Å²) < 4.78 is 19.1. The molecule has 1 heterocycles. The van der Waals surface area contributed by atoms with Crippen molar-refractivity contribution in [2.75, 3.05) is 6.54 Å². The van der Waals surface area contributed by atoms with Gasteiger partial charge in [0.25, 0.3) is 0 Å². The topological polar surface area (TPSA) is 67.4 Å². The highest BCUT2D eigenvalue weighted by molar-refractivity contribution is 5.85. The zero-order chi connectivity index (χ0) is 17.0. The molecule has 5 nitrogen and oxygen atoms in total. The lowest BCUT2D eigenvalue weighted by Gasteiger charge is -2.22. The average Bonchev–Trinajstić information content (AvgIpc) is 2.61. The van der Waals surface area contributed by atoms with Crippen molar-refractivity contribution in [2.45, 2.75) is 51.2 Å². The molecule has 1 fully saturated rings. The maximum absolute atomic E-state index is 13.9. The van der Waals surface area contributed by atoms with E-state index in [1.54, 1.807) is 39.0 Å². The second-order valence-electron chi connectivity index (χ2n) is 6.74. The summed E-state index contributed by atoms with van der Waals surface area (Å²) in [5, 5.41) is 5.35. The molecule has 2 rings (SSSR count). The molecule has 2 atom stereocenters. The molecular weight excluding hydrogens is 299 g/mol. The fourth-order valence-electron chi connectivity index (χ4n) is 2.61. The van der Waals surface area contributed by atoms with E-state index in [1.807, 2.05) is 0 Å². The smallest absolute Gasteiger partial charge is 0.408 e. The van der Waals surface area contributed by atoms with E-state index in [1.165, 1.54) is 6.07 Å². The van der Waals surface area contributed by atoms with Crippen LogP contribution in [0.2, 0.25) is 0 Å². The highest BCUT2D eigenvalue weighted by Gasteiger charge is 2.29. The van der Waals surface area contributed by atoms with Crippen LogP contribution in [0.4, 0.5) is 9.18 Å². The van der Waals surface area contributed by atoms with E-state index < -0.39 is 17.7 Å². The molecule has 0 radical (unpaired) electrons. The van der Waals surface area contributed by atoms with E-state index in [-0.39, 0.29) is 17.6 Å². The number of hydrogen-bond acceptors (Lipinski definition) is 3. The summed E-state index contributed by atoms with van der Waals surface area (Å²) in [6, 6.07) is 5.90. The highest BCUT2D eigenvalue weighted by atomic mass is 19.1. The molecule has 23 heavy (non-hydrogen) atoms. The Balaban J connectivity index is 2.00. The van der Waals surface area contributed by atoms with Crippen molar-refractivity contribution in [1.29, 1.82) is 0 Å². The Labute approximate surface area is 135 Å². The van der Waals surface area contributed by atoms with Crippen LogP contribution in [0.15, 0.2) is 24.3 Å². The van der Waals surface area contributed by atoms with Crippen LogP contribution >= 0.6 is 0 Å². The van der Waals surface area contributed by atoms with Crippen molar-refractivity contribution in [1.82, 2.24) is 10.6 Å². The van der Waals surface area contributed by atoms with Crippen molar-refractivity contribution in [3.05, 3.63) is 35.6 Å². The number of nitrogens with one attached hydrogen (secondary N) is 2. The SMILES string of the molecule is CC(C)(C)OC(=O)N[C@@H]1CC[C@@H](c2ccccc2F)CNC1=O. The van der Waals surface area contributed by atoms with E-state index >= 15 is 0 Å². The molecule has 1 aliphatic rings. The van der Waals surface area contributed by atoms with Crippen LogP contribution in [-0.4, -0.2) is 30.2 Å². The first-order chi connectivity index (χ1) is 10.8. The third-order valence-electron chi connectivity index (χ3n) is 3.68. The largest absolute Gasteiger partial charge is 0.444 e. The average molecular weight is 322 g/mol. The minimum atomic E-state index is -0.665. The lowest BCUT2D eigenvalue weighted by Crippen LogP contribution is -2.47. The van der Waals surface area contributed by atoms with Crippen LogP contribution in [0.5, 0.6) is 0 Å². The second-order valence-corrected chi connectivity index (χ2v) is 6.74. The van der Waals surface area contributed by atoms with Gasteiger partial charge in [0.1, 0.15) is 17.5 Å². The van der Waals surface area contributed by atoms with Crippen molar-refractivity contribution in [3.63, 3.8) is 0 Å². The maximum atomic E-state index is 13.9. The summed E-state index contributed by atoms with van der Waals surface area (Å²) in [7, 11) is 0. The van der Waals surface area contributed by atoms with E-state index in [9.17, 15) is 14.0 Å². The van der Waals surface area contributed by atoms with Gasteiger partial charge in [-0.15, -0.1) is 0 Å². The van der Waals surface area contributed by atoms with E-state index in [2.05, 4.69) is 10.6 Å². The number of ether oxygens (including phenoxy) is 1. The monoisotopic (exact) mass is 322 g/mol. The van der Waals surface area contributed by atoms with Crippen LogP contribution in [0.1, 0.15) is 45.1 Å².